The number of nitrogens with one attached hydrogen (secondary N) is 1. The van der Waals surface area contributed by atoms with Crippen LogP contribution in [0.5, 0.6) is 0 Å². The molecule has 27 heavy (non-hydrogen) atoms. The summed E-state index contributed by atoms with van der Waals surface area (Å²) >= 11 is 0. The molecule has 0 atom stereocenters. The number of amides is 1. The van der Waals surface area contributed by atoms with Crippen molar-refractivity contribution in [2.24, 2.45) is 0 Å². The maximum atomic E-state index is 12.6. The summed E-state index contributed by atoms with van der Waals surface area (Å²) in [6.07, 6.45) is -3.52. The van der Waals surface area contributed by atoms with Crippen LogP contribution in [0.15, 0.2) is 36.0 Å². The van der Waals surface area contributed by atoms with E-state index in [9.17, 15) is 22.8 Å². The van der Waals surface area contributed by atoms with Crippen molar-refractivity contribution >= 4 is 23.3 Å². The average molecular weight is 385 g/mol. The third kappa shape index (κ3) is 5.63. The summed E-state index contributed by atoms with van der Waals surface area (Å²) < 4.78 is 42.5. The quantitative estimate of drug-likeness (QED) is 0.624. The van der Waals surface area contributed by atoms with Crippen LogP contribution in [0.25, 0.3) is 0 Å². The number of para-hydroxylation sites is 2. The molecule has 0 spiro atoms. The Kier molecular flexibility index (Phi) is 6.70. The van der Waals surface area contributed by atoms with E-state index in [1.54, 1.807) is 13.8 Å². The molecule has 0 aliphatic carbocycles. The van der Waals surface area contributed by atoms with Crippen LogP contribution in [0.4, 0.5) is 24.5 Å². The van der Waals surface area contributed by atoms with Crippen LogP contribution in [0.3, 0.4) is 0 Å². The fraction of sp³-hybridized carbons (Fsp3) is 0.444. The van der Waals surface area contributed by atoms with E-state index in [-0.39, 0.29) is 32.8 Å². The van der Waals surface area contributed by atoms with Crippen LogP contribution >= 0.6 is 0 Å². The van der Waals surface area contributed by atoms with Crippen LogP contribution in [0.1, 0.15) is 13.8 Å². The summed E-state index contributed by atoms with van der Waals surface area (Å²) in [4.78, 5) is 25.6. The number of hydrogen-bond donors (Lipinski definition) is 1. The summed E-state index contributed by atoms with van der Waals surface area (Å²) in [6, 6.07) is 7.28. The number of alkyl halides is 3. The summed E-state index contributed by atoms with van der Waals surface area (Å²) in [6.45, 7) is 4.25. The van der Waals surface area contributed by atoms with Gasteiger partial charge in [-0.3, -0.25) is 4.79 Å². The highest BCUT2D eigenvalue weighted by molar-refractivity contribution is 5.84. The number of anilines is 2. The third-order valence-corrected chi connectivity index (χ3v) is 4.01. The van der Waals surface area contributed by atoms with Gasteiger partial charge in [-0.15, -0.1) is 0 Å². The largest absolute Gasteiger partial charge is 0.471 e. The molecule has 1 fully saturated rings. The molecule has 0 bridgehead atoms. The van der Waals surface area contributed by atoms with Gasteiger partial charge in [0.05, 0.1) is 18.0 Å². The predicted molar refractivity (Wildman–Crippen MR) is 95.3 cm³/mol. The maximum Gasteiger partial charge on any atom is 0.471 e. The number of nitrogens with zero attached hydrogens (tertiary/aromatic N) is 2. The Labute approximate surface area is 155 Å². The molecule has 1 aliphatic rings. The Morgan fingerprint density at radius 3 is 2.41 bits per heavy atom. The number of esters is 1. The lowest BCUT2D eigenvalue weighted by Gasteiger charge is -2.37. The summed E-state index contributed by atoms with van der Waals surface area (Å²) in [5.41, 5.74) is 2.08. The third-order valence-electron chi connectivity index (χ3n) is 4.01. The average Bonchev–Trinajstić information content (AvgIpc) is 2.61. The fourth-order valence-corrected chi connectivity index (χ4v) is 2.79. The highest BCUT2D eigenvalue weighted by Gasteiger charge is 2.43. The number of carbonyl (C=O) groups excluding carboxylic acids is 2. The molecule has 1 heterocycles. The van der Waals surface area contributed by atoms with Gasteiger partial charge in [0.15, 0.2) is 0 Å². The van der Waals surface area contributed by atoms with Gasteiger partial charge in [-0.25, -0.2) is 4.79 Å². The van der Waals surface area contributed by atoms with Gasteiger partial charge in [0.1, 0.15) is 0 Å². The molecule has 1 aromatic carbocycles. The lowest BCUT2D eigenvalue weighted by molar-refractivity contribution is -0.185. The molecule has 2 rings (SSSR count). The van der Waals surface area contributed by atoms with Gasteiger partial charge in [0.2, 0.25) is 0 Å². The van der Waals surface area contributed by atoms with Crippen molar-refractivity contribution in [3.05, 3.63) is 36.0 Å². The van der Waals surface area contributed by atoms with Crippen LogP contribution in [-0.4, -0.2) is 55.7 Å². The zero-order valence-corrected chi connectivity index (χ0v) is 15.2. The second kappa shape index (κ2) is 8.79. The first kappa shape index (κ1) is 20.6. The molecule has 1 aromatic rings. The van der Waals surface area contributed by atoms with Gasteiger partial charge in [0.25, 0.3) is 0 Å². The van der Waals surface area contributed by atoms with Crippen LogP contribution in [0, 0.1) is 0 Å². The maximum absolute atomic E-state index is 12.6. The summed E-state index contributed by atoms with van der Waals surface area (Å²) in [5, 5.41) is 3.11. The van der Waals surface area contributed by atoms with Gasteiger partial charge in [-0.05, 0) is 26.0 Å². The minimum Gasteiger partial charge on any atom is -0.463 e. The first-order valence-electron chi connectivity index (χ1n) is 8.54. The molecule has 9 heteroatoms. The summed E-state index contributed by atoms with van der Waals surface area (Å²) in [5.74, 6) is -2.26. The Bertz CT molecular complexity index is 711. The zero-order chi connectivity index (χ0) is 20.0. The van der Waals surface area contributed by atoms with Gasteiger partial charge >= 0.3 is 18.1 Å². The molecule has 1 N–H and O–H groups in total. The lowest BCUT2D eigenvalue weighted by Crippen LogP contribution is -2.52. The lowest BCUT2D eigenvalue weighted by atomic mass is 10.2. The number of ether oxygens (including phenoxy) is 1. The van der Waals surface area contributed by atoms with E-state index in [4.69, 9.17) is 4.74 Å². The number of carbonyl (C=O) groups is 2. The Morgan fingerprint density at radius 2 is 1.81 bits per heavy atom. The predicted octanol–water partition coefficient (Wildman–Crippen LogP) is 2.78. The van der Waals surface area contributed by atoms with E-state index < -0.39 is 18.1 Å². The van der Waals surface area contributed by atoms with Gasteiger partial charge < -0.3 is 19.9 Å². The van der Waals surface area contributed by atoms with E-state index in [2.05, 4.69) is 5.32 Å². The molecule has 1 amide bonds. The molecule has 0 saturated carbocycles. The highest BCUT2D eigenvalue weighted by Crippen LogP contribution is 2.28. The van der Waals surface area contributed by atoms with Crippen molar-refractivity contribution < 1.29 is 27.5 Å². The molecule has 0 aromatic heterocycles. The second-order valence-electron chi connectivity index (χ2n) is 6.00. The van der Waals surface area contributed by atoms with Crippen molar-refractivity contribution in [1.82, 2.24) is 4.90 Å². The van der Waals surface area contributed by atoms with Crippen LogP contribution in [0.2, 0.25) is 0 Å². The SMILES string of the molecule is CCOC(=O)C=C(C)Nc1ccccc1N1CCN(C(=O)C(F)(F)F)CC1. The molecule has 0 unspecified atom stereocenters. The summed E-state index contributed by atoms with van der Waals surface area (Å²) in [7, 11) is 0. The first-order valence-corrected chi connectivity index (χ1v) is 8.54. The van der Waals surface area contributed by atoms with Crippen molar-refractivity contribution in [3.63, 3.8) is 0 Å². The number of hydrogen-bond acceptors (Lipinski definition) is 5. The van der Waals surface area contributed by atoms with Crippen molar-refractivity contribution in [2.45, 2.75) is 20.0 Å². The molecule has 6 nitrogen and oxygen atoms in total. The standard InChI is InChI=1S/C18H22F3N3O3/c1-3-27-16(25)12-13(2)22-14-6-4-5-7-15(14)23-8-10-24(11-9-23)17(26)18(19,20)21/h4-7,12,22H,3,8-11H2,1-2H3. The molecule has 1 aliphatic heterocycles. The van der Waals surface area contributed by atoms with E-state index >= 15 is 0 Å². The monoisotopic (exact) mass is 385 g/mol. The molecule has 0 radical (unpaired) electrons. The second-order valence-corrected chi connectivity index (χ2v) is 6.00. The molecule has 148 valence electrons. The number of benzene rings is 1. The first-order chi connectivity index (χ1) is 12.7. The van der Waals surface area contributed by atoms with Crippen molar-refractivity contribution in [1.29, 1.82) is 0 Å². The highest BCUT2D eigenvalue weighted by atomic mass is 19.4. The van der Waals surface area contributed by atoms with Crippen LogP contribution < -0.4 is 10.2 Å². The Balaban J connectivity index is 2.06. The minimum absolute atomic E-state index is 0.00960. The fourth-order valence-electron chi connectivity index (χ4n) is 2.79. The number of halogens is 3. The van der Waals surface area contributed by atoms with Gasteiger partial charge in [0, 0.05) is 38.0 Å². The van der Waals surface area contributed by atoms with E-state index in [1.165, 1.54) is 6.08 Å². The van der Waals surface area contributed by atoms with E-state index in [0.717, 1.165) is 10.6 Å². The number of allylic oxidation sites excluding steroid dienone is 1. The van der Waals surface area contributed by atoms with Crippen LogP contribution in [-0.2, 0) is 14.3 Å². The van der Waals surface area contributed by atoms with Crippen molar-refractivity contribution in [3.8, 4) is 0 Å². The van der Waals surface area contributed by atoms with E-state index in [1.807, 2.05) is 29.2 Å². The molecular formula is C18H22F3N3O3. The molecule has 1 saturated heterocycles. The normalized spacial score (nSPS) is 15.5. The topological polar surface area (TPSA) is 61.9 Å². The van der Waals surface area contributed by atoms with Gasteiger partial charge in [-0.2, -0.15) is 13.2 Å². The van der Waals surface area contributed by atoms with Gasteiger partial charge in [-0.1, -0.05) is 12.1 Å². The Hall–Kier alpha value is -2.71. The van der Waals surface area contributed by atoms with E-state index in [0.29, 0.717) is 11.4 Å². The number of piperazine rings is 1. The van der Waals surface area contributed by atoms with Crippen molar-refractivity contribution in [2.75, 3.05) is 43.0 Å². The molecular weight excluding hydrogens is 363 g/mol. The smallest absolute Gasteiger partial charge is 0.463 e. The zero-order valence-electron chi connectivity index (χ0n) is 15.2. The number of rotatable bonds is 5. The Morgan fingerprint density at radius 1 is 1.19 bits per heavy atom. The minimum atomic E-state index is -4.85.